The summed E-state index contributed by atoms with van der Waals surface area (Å²) < 4.78 is 22.2. The van der Waals surface area contributed by atoms with Crippen LogP contribution >= 0.6 is 0 Å². The third kappa shape index (κ3) is 2.62. The second kappa shape index (κ2) is 6.30. The number of hydrogen-bond acceptors (Lipinski definition) is 4. The molecule has 0 unspecified atom stereocenters. The molecule has 3 aromatic rings. The van der Waals surface area contributed by atoms with Gasteiger partial charge in [0.25, 0.3) is 0 Å². The predicted octanol–water partition coefficient (Wildman–Crippen LogP) is 3.04. The van der Waals surface area contributed by atoms with Crippen molar-refractivity contribution in [2.45, 2.75) is 25.3 Å². The molecule has 0 N–H and O–H groups in total. The molecule has 0 saturated carbocycles. The first-order chi connectivity index (χ1) is 12.8. The lowest BCUT2D eigenvalue weighted by molar-refractivity contribution is -0.00494. The van der Waals surface area contributed by atoms with Crippen molar-refractivity contribution in [2.24, 2.45) is 0 Å². The zero-order chi connectivity index (χ0) is 17.5. The third-order valence-corrected chi connectivity index (χ3v) is 5.23. The third-order valence-electron chi connectivity index (χ3n) is 5.23. The molecule has 6 heteroatoms. The smallest absolute Gasteiger partial charge is 0.132 e. The van der Waals surface area contributed by atoms with Gasteiger partial charge in [0.1, 0.15) is 11.5 Å². The fourth-order valence-corrected chi connectivity index (χ4v) is 3.96. The number of likely N-dealkylation sites (tertiary alicyclic amines) is 1. The molecule has 0 aliphatic carbocycles. The molecule has 0 amide bonds. The van der Waals surface area contributed by atoms with Gasteiger partial charge < -0.3 is 4.74 Å². The van der Waals surface area contributed by atoms with Crippen LogP contribution < -0.4 is 0 Å². The summed E-state index contributed by atoms with van der Waals surface area (Å²) >= 11 is 0. The molecular formula is C20H19FN4O. The summed E-state index contributed by atoms with van der Waals surface area (Å²) in [5.41, 5.74) is 3.22. The van der Waals surface area contributed by atoms with E-state index in [1.54, 1.807) is 12.1 Å². The maximum absolute atomic E-state index is 14.2. The highest BCUT2D eigenvalue weighted by atomic mass is 19.1. The normalized spacial score (nSPS) is 22.2. The van der Waals surface area contributed by atoms with Gasteiger partial charge in [-0.25, -0.2) is 9.07 Å². The molecular weight excluding hydrogens is 331 g/mol. The van der Waals surface area contributed by atoms with Crippen LogP contribution in [0.3, 0.4) is 0 Å². The van der Waals surface area contributed by atoms with Gasteiger partial charge in [-0.3, -0.25) is 4.90 Å². The Labute approximate surface area is 151 Å². The van der Waals surface area contributed by atoms with Crippen molar-refractivity contribution in [1.82, 2.24) is 19.9 Å². The molecule has 0 radical (unpaired) electrons. The van der Waals surface area contributed by atoms with Gasteiger partial charge in [0, 0.05) is 25.2 Å². The maximum atomic E-state index is 14.2. The van der Waals surface area contributed by atoms with Crippen LogP contribution in [0.15, 0.2) is 54.6 Å². The average molecular weight is 350 g/mol. The van der Waals surface area contributed by atoms with E-state index in [0.717, 1.165) is 25.3 Å². The van der Waals surface area contributed by atoms with Crippen LogP contribution in [0.5, 0.6) is 0 Å². The highest BCUT2D eigenvalue weighted by molar-refractivity contribution is 5.62. The van der Waals surface area contributed by atoms with Crippen molar-refractivity contribution in [3.8, 4) is 11.3 Å². The van der Waals surface area contributed by atoms with E-state index < -0.39 is 0 Å². The zero-order valence-corrected chi connectivity index (χ0v) is 14.3. The second-order valence-corrected chi connectivity index (χ2v) is 6.91. The Morgan fingerprint density at radius 1 is 1.04 bits per heavy atom. The second-order valence-electron chi connectivity index (χ2n) is 6.91. The summed E-state index contributed by atoms with van der Waals surface area (Å²) in [5.74, 6) is -0.282. The van der Waals surface area contributed by atoms with Crippen molar-refractivity contribution >= 4 is 0 Å². The van der Waals surface area contributed by atoms with Crippen molar-refractivity contribution in [3.63, 3.8) is 0 Å². The molecule has 2 aromatic carbocycles. The molecule has 2 aliphatic rings. The van der Waals surface area contributed by atoms with Crippen LogP contribution in [-0.4, -0.2) is 39.1 Å². The molecule has 26 heavy (non-hydrogen) atoms. The van der Waals surface area contributed by atoms with Gasteiger partial charge in [-0.1, -0.05) is 47.7 Å². The summed E-state index contributed by atoms with van der Waals surface area (Å²) in [6.45, 7) is 3.03. The van der Waals surface area contributed by atoms with Gasteiger partial charge in [0.05, 0.1) is 24.4 Å². The summed E-state index contributed by atoms with van der Waals surface area (Å²) in [4.78, 5) is 2.38. The van der Waals surface area contributed by atoms with E-state index in [0.29, 0.717) is 17.9 Å². The van der Waals surface area contributed by atoms with Crippen LogP contribution in [0.4, 0.5) is 4.39 Å². The molecule has 3 heterocycles. The number of hydrogen-bond donors (Lipinski definition) is 0. The zero-order valence-electron chi connectivity index (χ0n) is 14.3. The Bertz CT molecular complexity index is 927. The first kappa shape index (κ1) is 15.7. The minimum Gasteiger partial charge on any atom is -0.368 e. The minimum atomic E-state index is -0.282. The maximum Gasteiger partial charge on any atom is 0.132 e. The highest BCUT2D eigenvalue weighted by Gasteiger charge is 2.40. The van der Waals surface area contributed by atoms with Crippen LogP contribution in [0, 0.1) is 5.82 Å². The molecule has 1 aromatic heterocycles. The number of benzene rings is 2. The SMILES string of the molecule is Fc1ccccc1-c1nnn2c1CO[C@@H]1CN(Cc3ccccc3)C[C@H]12. The lowest BCUT2D eigenvalue weighted by atomic mass is 10.1. The van der Waals surface area contributed by atoms with E-state index in [4.69, 9.17) is 4.74 Å². The molecule has 0 bridgehead atoms. The van der Waals surface area contributed by atoms with Gasteiger partial charge >= 0.3 is 0 Å². The van der Waals surface area contributed by atoms with E-state index in [-0.39, 0.29) is 18.0 Å². The first-order valence-corrected chi connectivity index (χ1v) is 8.86. The number of halogens is 1. The summed E-state index contributed by atoms with van der Waals surface area (Å²) in [5, 5.41) is 8.62. The number of nitrogens with zero attached hydrogens (tertiary/aromatic N) is 4. The monoisotopic (exact) mass is 350 g/mol. The van der Waals surface area contributed by atoms with Gasteiger partial charge in [-0.05, 0) is 17.7 Å². The van der Waals surface area contributed by atoms with E-state index >= 15 is 0 Å². The van der Waals surface area contributed by atoms with Gasteiger partial charge in [0.2, 0.25) is 0 Å². The number of ether oxygens (including phenoxy) is 1. The van der Waals surface area contributed by atoms with E-state index in [1.807, 2.05) is 16.8 Å². The molecule has 132 valence electrons. The highest BCUT2D eigenvalue weighted by Crippen LogP contribution is 2.35. The van der Waals surface area contributed by atoms with Crippen LogP contribution in [0.25, 0.3) is 11.3 Å². The predicted molar refractivity (Wildman–Crippen MR) is 94.7 cm³/mol. The molecule has 1 fully saturated rings. The molecule has 5 rings (SSSR count). The molecule has 1 saturated heterocycles. The summed E-state index contributed by atoms with van der Waals surface area (Å²) in [7, 11) is 0. The van der Waals surface area contributed by atoms with Crippen LogP contribution in [0.2, 0.25) is 0 Å². The summed E-state index contributed by atoms with van der Waals surface area (Å²) in [6.07, 6.45) is 0.0985. The Morgan fingerprint density at radius 2 is 1.85 bits per heavy atom. The molecule has 2 atom stereocenters. The lowest BCUT2D eigenvalue weighted by Gasteiger charge is -2.26. The van der Waals surface area contributed by atoms with E-state index in [1.165, 1.54) is 11.6 Å². The Balaban J connectivity index is 1.41. The Morgan fingerprint density at radius 3 is 2.69 bits per heavy atom. The van der Waals surface area contributed by atoms with Crippen molar-refractivity contribution in [1.29, 1.82) is 0 Å². The fourth-order valence-electron chi connectivity index (χ4n) is 3.96. The first-order valence-electron chi connectivity index (χ1n) is 8.86. The molecule has 5 nitrogen and oxygen atoms in total. The van der Waals surface area contributed by atoms with Crippen molar-refractivity contribution in [2.75, 3.05) is 13.1 Å². The lowest BCUT2D eigenvalue weighted by Crippen LogP contribution is -2.32. The van der Waals surface area contributed by atoms with Gasteiger partial charge in [-0.2, -0.15) is 0 Å². The Kier molecular flexibility index (Phi) is 3.80. The summed E-state index contributed by atoms with van der Waals surface area (Å²) in [6, 6.07) is 17.2. The van der Waals surface area contributed by atoms with Crippen LogP contribution in [-0.2, 0) is 17.9 Å². The topological polar surface area (TPSA) is 43.2 Å². The largest absolute Gasteiger partial charge is 0.368 e. The van der Waals surface area contributed by atoms with Crippen molar-refractivity contribution in [3.05, 3.63) is 71.7 Å². The van der Waals surface area contributed by atoms with Gasteiger partial charge in [-0.15, -0.1) is 5.10 Å². The van der Waals surface area contributed by atoms with E-state index in [9.17, 15) is 4.39 Å². The number of aromatic nitrogens is 3. The van der Waals surface area contributed by atoms with E-state index in [2.05, 4.69) is 39.5 Å². The number of rotatable bonds is 3. The Hall–Kier alpha value is -2.57. The quantitative estimate of drug-likeness (QED) is 0.728. The molecule has 2 aliphatic heterocycles. The number of fused-ring (bicyclic) bond motifs is 3. The fraction of sp³-hybridized carbons (Fsp3) is 0.300. The minimum absolute atomic E-state index is 0.0985. The average Bonchev–Trinajstić information content (AvgIpc) is 3.26. The standard InChI is InChI=1S/C20H19FN4O/c21-16-9-5-4-8-15(16)20-18-13-26-19-12-24(10-14-6-2-1-3-7-14)11-17(19)25(18)23-22-20/h1-9,17,19H,10-13H2/t17-,19-/m1/s1. The molecule has 0 spiro atoms. The van der Waals surface area contributed by atoms with Gasteiger partial charge in [0.15, 0.2) is 0 Å². The van der Waals surface area contributed by atoms with Crippen molar-refractivity contribution < 1.29 is 9.13 Å². The van der Waals surface area contributed by atoms with Crippen LogP contribution in [0.1, 0.15) is 17.3 Å².